The lowest BCUT2D eigenvalue weighted by Crippen LogP contribution is -2.21. The molecule has 1 aromatic carbocycles. The normalized spacial score (nSPS) is 11.0. The van der Waals surface area contributed by atoms with Crippen LogP contribution in [0.1, 0.15) is 16.8 Å². The molecule has 0 saturated carbocycles. The SMILES string of the molecule is Cc1cc(C)cc(-c2ncn(/C=C\C(=O)NCc3ccncn3)n2)c1. The number of aryl methyl sites for hydroxylation is 2. The molecule has 1 N–H and O–H groups in total. The van der Waals surface area contributed by atoms with E-state index in [0.29, 0.717) is 12.4 Å². The van der Waals surface area contributed by atoms with E-state index in [1.807, 2.05) is 26.0 Å². The topological polar surface area (TPSA) is 85.6 Å². The fourth-order valence-electron chi connectivity index (χ4n) is 2.39. The number of hydrogen-bond donors (Lipinski definition) is 1. The molecule has 0 fully saturated rings. The molecule has 0 aliphatic rings. The highest BCUT2D eigenvalue weighted by molar-refractivity contribution is 5.89. The summed E-state index contributed by atoms with van der Waals surface area (Å²) in [4.78, 5) is 24.0. The Morgan fingerprint density at radius 2 is 2.00 bits per heavy atom. The first-order valence-electron chi connectivity index (χ1n) is 7.81. The van der Waals surface area contributed by atoms with Crippen molar-refractivity contribution in [2.75, 3.05) is 0 Å². The van der Waals surface area contributed by atoms with Crippen LogP contribution in [0.25, 0.3) is 17.6 Å². The number of carbonyl (C=O) groups is 1. The predicted molar refractivity (Wildman–Crippen MR) is 94.1 cm³/mol. The van der Waals surface area contributed by atoms with E-state index in [-0.39, 0.29) is 5.91 Å². The van der Waals surface area contributed by atoms with Gasteiger partial charge in [0.2, 0.25) is 5.91 Å². The Morgan fingerprint density at radius 1 is 1.20 bits per heavy atom. The van der Waals surface area contributed by atoms with Gasteiger partial charge in [-0.05, 0) is 32.0 Å². The van der Waals surface area contributed by atoms with E-state index in [1.54, 1.807) is 24.8 Å². The molecule has 0 spiro atoms. The van der Waals surface area contributed by atoms with E-state index in [2.05, 4.69) is 31.4 Å². The van der Waals surface area contributed by atoms with Crippen LogP contribution in [-0.2, 0) is 11.3 Å². The summed E-state index contributed by atoms with van der Waals surface area (Å²) < 4.78 is 1.51. The zero-order chi connectivity index (χ0) is 17.6. The third kappa shape index (κ3) is 4.57. The number of benzene rings is 1. The van der Waals surface area contributed by atoms with Crippen molar-refractivity contribution in [1.82, 2.24) is 30.0 Å². The van der Waals surface area contributed by atoms with Crippen molar-refractivity contribution in [3.8, 4) is 11.4 Å². The maximum absolute atomic E-state index is 11.9. The first-order valence-corrected chi connectivity index (χ1v) is 7.81. The number of aromatic nitrogens is 5. The fraction of sp³-hybridized carbons (Fsp3) is 0.167. The highest BCUT2D eigenvalue weighted by Crippen LogP contribution is 2.18. The van der Waals surface area contributed by atoms with Gasteiger partial charge in [0.25, 0.3) is 0 Å². The average Bonchev–Trinajstić information content (AvgIpc) is 3.07. The number of nitrogens with one attached hydrogen (secondary N) is 1. The molecule has 0 unspecified atom stereocenters. The van der Waals surface area contributed by atoms with E-state index in [9.17, 15) is 4.79 Å². The molecule has 3 aromatic rings. The Morgan fingerprint density at radius 3 is 2.72 bits per heavy atom. The summed E-state index contributed by atoms with van der Waals surface area (Å²) in [5, 5.41) is 7.12. The first kappa shape index (κ1) is 16.5. The second-order valence-corrected chi connectivity index (χ2v) is 5.66. The lowest BCUT2D eigenvalue weighted by molar-refractivity contribution is -0.116. The van der Waals surface area contributed by atoms with Crippen LogP contribution in [0.3, 0.4) is 0 Å². The minimum absolute atomic E-state index is 0.234. The van der Waals surface area contributed by atoms with Crippen molar-refractivity contribution < 1.29 is 4.79 Å². The molecule has 0 bridgehead atoms. The number of carbonyl (C=O) groups excluding carboxylic acids is 1. The summed E-state index contributed by atoms with van der Waals surface area (Å²) in [5.41, 5.74) is 4.02. The molecular weight excluding hydrogens is 316 g/mol. The second kappa shape index (κ2) is 7.48. The molecule has 0 atom stereocenters. The van der Waals surface area contributed by atoms with Crippen LogP contribution in [0, 0.1) is 13.8 Å². The molecule has 0 radical (unpaired) electrons. The lowest BCUT2D eigenvalue weighted by atomic mass is 10.1. The van der Waals surface area contributed by atoms with E-state index in [1.165, 1.54) is 17.1 Å². The quantitative estimate of drug-likeness (QED) is 0.723. The number of amides is 1. The van der Waals surface area contributed by atoms with Gasteiger partial charge in [0.05, 0.1) is 12.2 Å². The highest BCUT2D eigenvalue weighted by Gasteiger charge is 2.05. The Bertz CT molecular complexity index is 881. The number of rotatable bonds is 5. The molecule has 7 heteroatoms. The fourth-order valence-corrected chi connectivity index (χ4v) is 2.39. The first-order chi connectivity index (χ1) is 12.1. The third-order valence-electron chi connectivity index (χ3n) is 3.45. The zero-order valence-electron chi connectivity index (χ0n) is 14.0. The van der Waals surface area contributed by atoms with Gasteiger partial charge in [0, 0.05) is 24.0 Å². The van der Waals surface area contributed by atoms with Crippen molar-refractivity contribution in [1.29, 1.82) is 0 Å². The van der Waals surface area contributed by atoms with E-state index in [0.717, 1.165) is 22.4 Å². The molecule has 1 amide bonds. The van der Waals surface area contributed by atoms with Crippen molar-refractivity contribution >= 4 is 12.1 Å². The van der Waals surface area contributed by atoms with Crippen LogP contribution in [0.2, 0.25) is 0 Å². The maximum Gasteiger partial charge on any atom is 0.245 e. The van der Waals surface area contributed by atoms with Gasteiger partial charge >= 0.3 is 0 Å². The summed E-state index contributed by atoms with van der Waals surface area (Å²) >= 11 is 0. The molecule has 0 aliphatic carbocycles. The van der Waals surface area contributed by atoms with Gasteiger partial charge in [-0.25, -0.2) is 19.6 Å². The van der Waals surface area contributed by atoms with Crippen molar-refractivity contribution in [3.05, 3.63) is 66.0 Å². The average molecular weight is 334 g/mol. The monoisotopic (exact) mass is 334 g/mol. The minimum atomic E-state index is -0.234. The molecule has 2 aromatic heterocycles. The largest absolute Gasteiger partial charge is 0.347 e. The van der Waals surface area contributed by atoms with Gasteiger partial charge in [0.1, 0.15) is 12.7 Å². The Hall–Kier alpha value is -3.35. The summed E-state index contributed by atoms with van der Waals surface area (Å²) in [5.74, 6) is 0.389. The van der Waals surface area contributed by atoms with Gasteiger partial charge in [-0.1, -0.05) is 17.2 Å². The van der Waals surface area contributed by atoms with Crippen LogP contribution in [0.5, 0.6) is 0 Å². The Balaban J connectivity index is 1.62. The van der Waals surface area contributed by atoms with Crippen LogP contribution < -0.4 is 5.32 Å². The van der Waals surface area contributed by atoms with Crippen LogP contribution >= 0.6 is 0 Å². The second-order valence-electron chi connectivity index (χ2n) is 5.66. The van der Waals surface area contributed by atoms with E-state index in [4.69, 9.17) is 0 Å². The van der Waals surface area contributed by atoms with Crippen molar-refractivity contribution in [3.63, 3.8) is 0 Å². The molecule has 0 aliphatic heterocycles. The maximum atomic E-state index is 11.9. The van der Waals surface area contributed by atoms with Gasteiger partial charge in [-0.2, -0.15) is 0 Å². The molecule has 126 valence electrons. The molecule has 3 rings (SSSR count). The molecule has 7 nitrogen and oxygen atoms in total. The van der Waals surface area contributed by atoms with Gasteiger partial charge in [0.15, 0.2) is 5.82 Å². The smallest absolute Gasteiger partial charge is 0.245 e. The van der Waals surface area contributed by atoms with Gasteiger partial charge in [-0.15, -0.1) is 5.10 Å². The van der Waals surface area contributed by atoms with Crippen LogP contribution in [0.4, 0.5) is 0 Å². The van der Waals surface area contributed by atoms with Crippen molar-refractivity contribution in [2.45, 2.75) is 20.4 Å². The lowest BCUT2D eigenvalue weighted by Gasteiger charge is -2.01. The molecular formula is C18H18N6O. The standard InChI is InChI=1S/C18H18N6O/c1-13-7-14(2)9-15(8-13)18-22-12-24(23-18)6-4-17(25)20-10-16-3-5-19-11-21-16/h3-9,11-12H,10H2,1-2H3,(H,20,25)/b6-4-. The van der Waals surface area contributed by atoms with Crippen molar-refractivity contribution in [2.24, 2.45) is 0 Å². The molecule has 0 saturated heterocycles. The van der Waals surface area contributed by atoms with Gasteiger partial charge in [-0.3, -0.25) is 4.79 Å². The molecule has 2 heterocycles. The summed E-state index contributed by atoms with van der Waals surface area (Å²) in [6.07, 6.45) is 7.62. The number of nitrogens with zero attached hydrogens (tertiary/aromatic N) is 5. The van der Waals surface area contributed by atoms with Crippen LogP contribution in [0.15, 0.2) is 49.2 Å². The predicted octanol–water partition coefficient (Wildman–Crippen LogP) is 2.14. The Labute approximate surface area is 145 Å². The number of hydrogen-bond acceptors (Lipinski definition) is 5. The highest BCUT2D eigenvalue weighted by atomic mass is 16.1. The zero-order valence-corrected chi connectivity index (χ0v) is 14.0. The summed E-state index contributed by atoms with van der Waals surface area (Å²) in [6, 6.07) is 7.91. The molecule has 25 heavy (non-hydrogen) atoms. The summed E-state index contributed by atoms with van der Waals surface area (Å²) in [7, 11) is 0. The minimum Gasteiger partial charge on any atom is -0.347 e. The summed E-state index contributed by atoms with van der Waals surface area (Å²) in [6.45, 7) is 4.42. The van der Waals surface area contributed by atoms with E-state index >= 15 is 0 Å². The Kier molecular flexibility index (Phi) is 4.94. The third-order valence-corrected chi connectivity index (χ3v) is 3.45. The van der Waals surface area contributed by atoms with Crippen LogP contribution in [-0.4, -0.2) is 30.6 Å². The van der Waals surface area contributed by atoms with E-state index < -0.39 is 0 Å². The van der Waals surface area contributed by atoms with Gasteiger partial charge < -0.3 is 5.32 Å².